The maximum atomic E-state index is 10.2. The molecule has 1 heterocycles. The van der Waals surface area contributed by atoms with Crippen LogP contribution in [0.25, 0.3) is 0 Å². The Morgan fingerprint density at radius 1 is 1.21 bits per heavy atom. The zero-order chi connectivity index (χ0) is 14.0. The van der Waals surface area contributed by atoms with Gasteiger partial charge in [0.25, 0.3) is 0 Å². The maximum Gasteiger partial charge on any atom is 0.150 e. The van der Waals surface area contributed by atoms with Crippen LogP contribution in [0.1, 0.15) is 18.9 Å². The van der Waals surface area contributed by atoms with E-state index in [0.29, 0.717) is 26.0 Å². The van der Waals surface area contributed by atoms with Gasteiger partial charge in [0.1, 0.15) is 29.2 Å². The lowest BCUT2D eigenvalue weighted by atomic mass is 10.1. The molecule has 4 nitrogen and oxygen atoms in total. The monoisotopic (exact) mass is 290 g/mol. The summed E-state index contributed by atoms with van der Waals surface area (Å²) in [5.41, 5.74) is 0.686. The minimum atomic E-state index is 0.00189. The van der Waals surface area contributed by atoms with Crippen molar-refractivity contribution in [1.29, 1.82) is 10.5 Å². The fourth-order valence-corrected chi connectivity index (χ4v) is 4.20. The third-order valence-electron chi connectivity index (χ3n) is 2.61. The van der Waals surface area contributed by atoms with Crippen molar-refractivity contribution >= 4 is 23.5 Å². The van der Waals surface area contributed by atoms with Gasteiger partial charge in [-0.2, -0.15) is 10.5 Å². The normalized spacial score (nSPS) is 12.7. The van der Waals surface area contributed by atoms with Gasteiger partial charge in [0.2, 0.25) is 0 Å². The first-order valence-corrected chi connectivity index (χ1v) is 7.23. The molecule has 96 valence electrons. The van der Waals surface area contributed by atoms with E-state index in [1.54, 1.807) is 6.07 Å². The van der Waals surface area contributed by atoms with Gasteiger partial charge < -0.3 is 10.2 Å². The smallest absolute Gasteiger partial charge is 0.150 e. The summed E-state index contributed by atoms with van der Waals surface area (Å²) in [6.07, 6.45) is 1.52. The Morgan fingerprint density at radius 2 is 1.84 bits per heavy atom. The first-order valence-electron chi connectivity index (χ1n) is 5.60. The standard InChI is InChI=1S/C13H10N2O2S2/c1-2-3-7-4-9(16)11-12(10(7)17)19-13(18-11)8(5-14)6-15/h4,16-17H,2-3H2,1H3. The zero-order valence-corrected chi connectivity index (χ0v) is 11.7. The van der Waals surface area contributed by atoms with Crippen molar-refractivity contribution in [3.05, 3.63) is 21.4 Å². The van der Waals surface area contributed by atoms with Crippen LogP contribution in [0.2, 0.25) is 0 Å². The molecule has 0 radical (unpaired) electrons. The van der Waals surface area contributed by atoms with Crippen molar-refractivity contribution in [3.63, 3.8) is 0 Å². The molecule has 2 rings (SSSR count). The Bertz CT molecular complexity index is 638. The second-order valence-corrected chi connectivity index (χ2v) is 6.20. The number of aromatic hydroxyl groups is 2. The Balaban J connectivity index is 2.53. The van der Waals surface area contributed by atoms with Crippen molar-refractivity contribution in [2.75, 3.05) is 0 Å². The van der Waals surface area contributed by atoms with E-state index in [-0.39, 0.29) is 17.1 Å². The van der Waals surface area contributed by atoms with Crippen LogP contribution in [0.15, 0.2) is 25.7 Å². The fraction of sp³-hybridized carbons (Fsp3) is 0.231. The number of allylic oxidation sites excluding steroid dienone is 1. The van der Waals surface area contributed by atoms with Crippen molar-refractivity contribution in [3.8, 4) is 23.6 Å². The molecule has 1 aromatic carbocycles. The second-order valence-electron chi connectivity index (χ2n) is 3.90. The van der Waals surface area contributed by atoms with E-state index in [1.165, 1.54) is 0 Å². The lowest BCUT2D eigenvalue weighted by molar-refractivity contribution is 0.430. The van der Waals surface area contributed by atoms with Gasteiger partial charge in [-0.25, -0.2) is 0 Å². The molecule has 0 bridgehead atoms. The number of hydrogen-bond donors (Lipinski definition) is 2. The molecule has 0 amide bonds. The molecule has 1 aromatic rings. The highest BCUT2D eigenvalue weighted by molar-refractivity contribution is 8.24. The topological polar surface area (TPSA) is 88.0 Å². The number of rotatable bonds is 2. The van der Waals surface area contributed by atoms with Crippen LogP contribution in [0.5, 0.6) is 11.5 Å². The Kier molecular flexibility index (Phi) is 3.94. The number of phenolic OH excluding ortho intramolecular Hbond substituents is 2. The molecule has 0 unspecified atom stereocenters. The molecule has 0 atom stereocenters. The summed E-state index contributed by atoms with van der Waals surface area (Å²) in [5.74, 6) is 0.219. The van der Waals surface area contributed by atoms with Crippen LogP contribution in [0, 0.1) is 22.7 Å². The molecule has 2 N–H and O–H groups in total. The fourth-order valence-electron chi connectivity index (χ4n) is 1.75. The number of fused-ring (bicyclic) bond motifs is 1. The van der Waals surface area contributed by atoms with E-state index >= 15 is 0 Å². The molecular formula is C13H10N2O2S2. The number of thioether (sulfide) groups is 2. The van der Waals surface area contributed by atoms with Gasteiger partial charge >= 0.3 is 0 Å². The molecule has 0 saturated heterocycles. The van der Waals surface area contributed by atoms with Crippen LogP contribution in [-0.2, 0) is 6.42 Å². The zero-order valence-electron chi connectivity index (χ0n) is 10.1. The number of phenols is 2. The van der Waals surface area contributed by atoms with E-state index in [1.807, 2.05) is 19.1 Å². The third kappa shape index (κ3) is 2.37. The maximum absolute atomic E-state index is 10.2. The van der Waals surface area contributed by atoms with Crippen LogP contribution < -0.4 is 0 Å². The van der Waals surface area contributed by atoms with Crippen molar-refractivity contribution in [2.24, 2.45) is 0 Å². The van der Waals surface area contributed by atoms with Gasteiger partial charge in [-0.05, 0) is 18.1 Å². The van der Waals surface area contributed by atoms with Gasteiger partial charge in [0.15, 0.2) is 0 Å². The summed E-state index contributed by atoms with van der Waals surface area (Å²) in [6, 6.07) is 5.19. The van der Waals surface area contributed by atoms with Gasteiger partial charge in [-0.1, -0.05) is 36.9 Å². The Morgan fingerprint density at radius 3 is 2.42 bits per heavy atom. The predicted octanol–water partition coefficient (Wildman–Crippen LogP) is 3.51. The summed E-state index contributed by atoms with van der Waals surface area (Å²) < 4.78 is 0.499. The third-order valence-corrected chi connectivity index (χ3v) is 5.23. The van der Waals surface area contributed by atoms with E-state index in [0.717, 1.165) is 29.9 Å². The van der Waals surface area contributed by atoms with E-state index in [4.69, 9.17) is 10.5 Å². The Hall–Kier alpha value is -1.76. The van der Waals surface area contributed by atoms with E-state index in [9.17, 15) is 10.2 Å². The predicted molar refractivity (Wildman–Crippen MR) is 73.7 cm³/mol. The number of nitriles is 2. The highest BCUT2D eigenvalue weighted by Crippen LogP contribution is 2.59. The first-order chi connectivity index (χ1) is 9.12. The summed E-state index contributed by atoms with van der Waals surface area (Å²) in [4.78, 5) is 1.05. The summed E-state index contributed by atoms with van der Waals surface area (Å²) >= 11 is 2.31. The second kappa shape index (κ2) is 5.48. The number of nitrogens with zero attached hydrogens (tertiary/aromatic N) is 2. The summed E-state index contributed by atoms with van der Waals surface area (Å²) in [7, 11) is 0. The Labute approximate surface area is 119 Å². The molecular weight excluding hydrogens is 280 g/mol. The van der Waals surface area contributed by atoms with Gasteiger partial charge in [0, 0.05) is 0 Å². The highest BCUT2D eigenvalue weighted by atomic mass is 32.2. The molecule has 0 spiro atoms. The van der Waals surface area contributed by atoms with Gasteiger partial charge in [-0.3, -0.25) is 0 Å². The molecule has 0 fully saturated rings. The SMILES string of the molecule is CCCc1cc(O)c2c(c1O)SC(=C(C#N)C#N)S2. The van der Waals surface area contributed by atoms with Gasteiger partial charge in [-0.15, -0.1) is 0 Å². The molecule has 0 aromatic heterocycles. The summed E-state index contributed by atoms with van der Waals surface area (Å²) in [6.45, 7) is 1.99. The molecule has 0 saturated carbocycles. The molecule has 1 aliphatic heterocycles. The van der Waals surface area contributed by atoms with Gasteiger partial charge in [0.05, 0.1) is 14.0 Å². The highest BCUT2D eigenvalue weighted by Gasteiger charge is 2.28. The molecule has 6 heteroatoms. The minimum absolute atomic E-state index is 0.00189. The largest absolute Gasteiger partial charge is 0.507 e. The van der Waals surface area contributed by atoms with Crippen molar-refractivity contribution < 1.29 is 10.2 Å². The van der Waals surface area contributed by atoms with Crippen LogP contribution >= 0.6 is 23.5 Å². The number of aryl methyl sites for hydroxylation is 1. The molecule has 19 heavy (non-hydrogen) atoms. The average Bonchev–Trinajstić information content (AvgIpc) is 2.83. The lowest BCUT2D eigenvalue weighted by Gasteiger charge is -2.08. The van der Waals surface area contributed by atoms with Crippen LogP contribution in [0.3, 0.4) is 0 Å². The first kappa shape index (κ1) is 13.7. The average molecular weight is 290 g/mol. The van der Waals surface area contributed by atoms with Crippen molar-refractivity contribution in [1.82, 2.24) is 0 Å². The van der Waals surface area contributed by atoms with E-state index in [2.05, 4.69) is 0 Å². The quantitative estimate of drug-likeness (QED) is 0.640. The molecule has 0 aliphatic carbocycles. The minimum Gasteiger partial charge on any atom is -0.507 e. The van der Waals surface area contributed by atoms with Crippen LogP contribution in [-0.4, -0.2) is 10.2 Å². The number of hydrogen-bond acceptors (Lipinski definition) is 6. The van der Waals surface area contributed by atoms with E-state index < -0.39 is 0 Å². The molecule has 1 aliphatic rings. The number of benzene rings is 1. The van der Waals surface area contributed by atoms with Crippen molar-refractivity contribution in [2.45, 2.75) is 29.6 Å². The van der Waals surface area contributed by atoms with Crippen LogP contribution in [0.4, 0.5) is 0 Å². The summed E-state index contributed by atoms with van der Waals surface area (Å²) in [5, 5.41) is 37.9. The lowest BCUT2D eigenvalue weighted by Crippen LogP contribution is -1.87.